The quantitative estimate of drug-likeness (QED) is 0.785. The Morgan fingerprint density at radius 2 is 1.88 bits per heavy atom. The number of halogens is 2. The molecule has 0 unspecified atom stereocenters. The molecule has 0 spiro atoms. The molecule has 0 radical (unpaired) electrons. The molecular weight excluding hydrogens is 312 g/mol. The third-order valence-electron chi connectivity index (χ3n) is 3.82. The number of benzene rings is 3. The van der Waals surface area contributed by atoms with E-state index in [0.29, 0.717) is 11.8 Å². The van der Waals surface area contributed by atoms with Crippen molar-refractivity contribution in [2.75, 3.05) is 7.11 Å². The molecule has 0 heterocycles. The van der Waals surface area contributed by atoms with Crippen molar-refractivity contribution in [3.8, 4) is 5.75 Å². The first kappa shape index (κ1) is 15.9. The molecule has 5 heteroatoms. The van der Waals surface area contributed by atoms with Crippen LogP contribution in [0.1, 0.15) is 15.9 Å². The second kappa shape index (κ2) is 6.66. The zero-order valence-electron chi connectivity index (χ0n) is 13.0. The Balaban J connectivity index is 1.88. The fourth-order valence-corrected chi connectivity index (χ4v) is 2.63. The van der Waals surface area contributed by atoms with Gasteiger partial charge in [-0.05, 0) is 29.0 Å². The molecule has 0 bridgehead atoms. The molecule has 0 aliphatic heterocycles. The van der Waals surface area contributed by atoms with E-state index in [1.807, 2.05) is 36.4 Å². The van der Waals surface area contributed by atoms with Gasteiger partial charge in [0.25, 0.3) is 5.91 Å². The van der Waals surface area contributed by atoms with Gasteiger partial charge in [-0.2, -0.15) is 0 Å². The van der Waals surface area contributed by atoms with E-state index in [1.165, 1.54) is 0 Å². The molecule has 1 amide bonds. The second-order valence-corrected chi connectivity index (χ2v) is 5.27. The fraction of sp³-hybridized carbons (Fsp3) is 0.105. The summed E-state index contributed by atoms with van der Waals surface area (Å²) in [6.07, 6.45) is 0. The maximum Gasteiger partial charge on any atom is 0.254 e. The van der Waals surface area contributed by atoms with E-state index in [-0.39, 0.29) is 12.1 Å². The normalized spacial score (nSPS) is 10.6. The van der Waals surface area contributed by atoms with Gasteiger partial charge in [0.1, 0.15) is 17.4 Å². The van der Waals surface area contributed by atoms with E-state index in [1.54, 1.807) is 7.11 Å². The summed E-state index contributed by atoms with van der Waals surface area (Å²) >= 11 is 0. The van der Waals surface area contributed by atoms with Crippen LogP contribution in [0.25, 0.3) is 10.8 Å². The number of carbonyl (C=O) groups is 1. The van der Waals surface area contributed by atoms with E-state index in [0.717, 1.165) is 28.5 Å². The molecule has 0 fully saturated rings. The average molecular weight is 327 g/mol. The van der Waals surface area contributed by atoms with Crippen LogP contribution in [-0.2, 0) is 6.54 Å². The highest BCUT2D eigenvalue weighted by molar-refractivity contribution is 5.95. The number of amides is 1. The lowest BCUT2D eigenvalue weighted by molar-refractivity contribution is 0.0946. The Morgan fingerprint density at radius 1 is 1.08 bits per heavy atom. The SMILES string of the molecule is COc1ccc2ccccc2c1CNC(=O)c1ccc(F)cc1F. The van der Waals surface area contributed by atoms with Crippen molar-refractivity contribution in [2.45, 2.75) is 6.54 Å². The summed E-state index contributed by atoms with van der Waals surface area (Å²) in [5.74, 6) is -1.59. The van der Waals surface area contributed by atoms with Gasteiger partial charge in [0.05, 0.1) is 12.7 Å². The van der Waals surface area contributed by atoms with Gasteiger partial charge in [0.15, 0.2) is 0 Å². The molecule has 3 aromatic rings. The van der Waals surface area contributed by atoms with Crippen molar-refractivity contribution >= 4 is 16.7 Å². The third-order valence-corrected chi connectivity index (χ3v) is 3.82. The van der Waals surface area contributed by atoms with Crippen LogP contribution in [0.5, 0.6) is 5.75 Å². The summed E-state index contributed by atoms with van der Waals surface area (Å²) in [6.45, 7) is 0.167. The molecule has 122 valence electrons. The highest BCUT2D eigenvalue weighted by Gasteiger charge is 2.14. The monoisotopic (exact) mass is 327 g/mol. The second-order valence-electron chi connectivity index (χ2n) is 5.27. The molecule has 0 aromatic heterocycles. The average Bonchev–Trinajstić information content (AvgIpc) is 2.59. The van der Waals surface area contributed by atoms with Crippen molar-refractivity contribution < 1.29 is 18.3 Å². The first-order chi connectivity index (χ1) is 11.6. The number of rotatable bonds is 4. The van der Waals surface area contributed by atoms with Crippen LogP contribution in [0.15, 0.2) is 54.6 Å². The predicted molar refractivity (Wildman–Crippen MR) is 88.0 cm³/mol. The van der Waals surface area contributed by atoms with Crippen LogP contribution in [-0.4, -0.2) is 13.0 Å². The minimum atomic E-state index is -0.891. The Bertz CT molecular complexity index is 909. The molecule has 0 saturated carbocycles. The van der Waals surface area contributed by atoms with Crippen molar-refractivity contribution in [1.82, 2.24) is 5.32 Å². The summed E-state index contributed by atoms with van der Waals surface area (Å²) < 4.78 is 32.0. The molecule has 0 aliphatic carbocycles. The van der Waals surface area contributed by atoms with Crippen molar-refractivity contribution in [2.24, 2.45) is 0 Å². The van der Waals surface area contributed by atoms with Crippen LogP contribution >= 0.6 is 0 Å². The van der Waals surface area contributed by atoms with Crippen LogP contribution in [0, 0.1) is 11.6 Å². The molecule has 3 aromatic carbocycles. The number of methoxy groups -OCH3 is 1. The number of ether oxygens (including phenoxy) is 1. The smallest absolute Gasteiger partial charge is 0.254 e. The summed E-state index contributed by atoms with van der Waals surface area (Å²) in [5, 5.41) is 4.61. The third kappa shape index (κ3) is 3.06. The lowest BCUT2D eigenvalue weighted by Gasteiger charge is -2.13. The van der Waals surface area contributed by atoms with Crippen molar-refractivity contribution in [1.29, 1.82) is 0 Å². The Kier molecular flexibility index (Phi) is 4.42. The van der Waals surface area contributed by atoms with E-state index in [2.05, 4.69) is 5.32 Å². The molecule has 0 aliphatic rings. The van der Waals surface area contributed by atoms with Gasteiger partial charge >= 0.3 is 0 Å². The number of fused-ring (bicyclic) bond motifs is 1. The topological polar surface area (TPSA) is 38.3 Å². The van der Waals surface area contributed by atoms with E-state index in [9.17, 15) is 13.6 Å². The van der Waals surface area contributed by atoms with Crippen molar-refractivity contribution in [3.05, 3.63) is 77.4 Å². The Hall–Kier alpha value is -2.95. The van der Waals surface area contributed by atoms with E-state index in [4.69, 9.17) is 4.74 Å². The number of hydrogen-bond donors (Lipinski definition) is 1. The first-order valence-corrected chi connectivity index (χ1v) is 7.38. The van der Waals surface area contributed by atoms with Gasteiger partial charge in [0, 0.05) is 18.2 Å². The minimum absolute atomic E-state index is 0.167. The standard InChI is InChI=1S/C19H15F2NO2/c1-24-18-9-6-12-4-2-3-5-14(12)16(18)11-22-19(23)15-8-7-13(20)10-17(15)21/h2-10H,11H2,1H3,(H,22,23). The largest absolute Gasteiger partial charge is 0.496 e. The highest BCUT2D eigenvalue weighted by atomic mass is 19.1. The van der Waals surface area contributed by atoms with Crippen LogP contribution < -0.4 is 10.1 Å². The first-order valence-electron chi connectivity index (χ1n) is 7.38. The fourth-order valence-electron chi connectivity index (χ4n) is 2.63. The summed E-state index contributed by atoms with van der Waals surface area (Å²) in [4.78, 5) is 12.2. The van der Waals surface area contributed by atoms with Crippen LogP contribution in [0.3, 0.4) is 0 Å². The molecule has 24 heavy (non-hydrogen) atoms. The van der Waals surface area contributed by atoms with Gasteiger partial charge < -0.3 is 10.1 Å². The number of carbonyl (C=O) groups excluding carboxylic acids is 1. The van der Waals surface area contributed by atoms with Gasteiger partial charge in [-0.25, -0.2) is 8.78 Å². The highest BCUT2D eigenvalue weighted by Crippen LogP contribution is 2.27. The molecule has 3 rings (SSSR count). The lowest BCUT2D eigenvalue weighted by Crippen LogP contribution is -2.24. The molecular formula is C19H15F2NO2. The summed E-state index contributed by atoms with van der Waals surface area (Å²) in [6, 6.07) is 14.3. The lowest BCUT2D eigenvalue weighted by atomic mass is 10.0. The Labute approximate surface area is 137 Å². The van der Waals surface area contributed by atoms with Gasteiger partial charge in [-0.1, -0.05) is 30.3 Å². The molecule has 3 nitrogen and oxygen atoms in total. The summed E-state index contributed by atoms with van der Waals surface area (Å²) in [7, 11) is 1.55. The van der Waals surface area contributed by atoms with Crippen LogP contribution in [0.4, 0.5) is 8.78 Å². The Morgan fingerprint density at radius 3 is 2.62 bits per heavy atom. The maximum absolute atomic E-state index is 13.7. The predicted octanol–water partition coefficient (Wildman–Crippen LogP) is 4.06. The number of nitrogens with one attached hydrogen (secondary N) is 1. The van der Waals surface area contributed by atoms with E-state index >= 15 is 0 Å². The van der Waals surface area contributed by atoms with Crippen molar-refractivity contribution in [3.63, 3.8) is 0 Å². The molecule has 1 N–H and O–H groups in total. The minimum Gasteiger partial charge on any atom is -0.496 e. The molecule has 0 saturated heterocycles. The maximum atomic E-state index is 13.7. The zero-order chi connectivity index (χ0) is 17.1. The van der Waals surface area contributed by atoms with Gasteiger partial charge in [-0.3, -0.25) is 4.79 Å². The zero-order valence-corrected chi connectivity index (χ0v) is 13.0. The molecule has 0 atom stereocenters. The van der Waals surface area contributed by atoms with Crippen LogP contribution in [0.2, 0.25) is 0 Å². The number of hydrogen-bond acceptors (Lipinski definition) is 2. The van der Waals surface area contributed by atoms with E-state index < -0.39 is 17.5 Å². The summed E-state index contributed by atoms with van der Waals surface area (Å²) in [5.41, 5.74) is 0.599. The van der Waals surface area contributed by atoms with Gasteiger partial charge in [-0.15, -0.1) is 0 Å². The van der Waals surface area contributed by atoms with Gasteiger partial charge in [0.2, 0.25) is 0 Å².